The highest BCUT2D eigenvalue weighted by molar-refractivity contribution is 5.92. The van der Waals surface area contributed by atoms with Crippen LogP contribution in [0.2, 0.25) is 0 Å². The van der Waals surface area contributed by atoms with Gasteiger partial charge >= 0.3 is 0 Å². The van der Waals surface area contributed by atoms with Crippen molar-refractivity contribution in [2.75, 3.05) is 0 Å². The lowest BCUT2D eigenvalue weighted by atomic mass is 9.43. The summed E-state index contributed by atoms with van der Waals surface area (Å²) in [5, 5.41) is 0. The molecule has 0 aromatic carbocycles. The van der Waals surface area contributed by atoms with Crippen molar-refractivity contribution in [3.05, 3.63) is 0 Å². The van der Waals surface area contributed by atoms with Gasteiger partial charge in [-0.25, -0.2) is 0 Å². The van der Waals surface area contributed by atoms with Crippen LogP contribution in [-0.4, -0.2) is 5.78 Å². The number of carbonyl (C=O) groups is 1. The van der Waals surface area contributed by atoms with E-state index in [0.29, 0.717) is 23.0 Å². The van der Waals surface area contributed by atoms with Gasteiger partial charge in [-0.05, 0) is 31.1 Å². The van der Waals surface area contributed by atoms with E-state index in [4.69, 9.17) is 0 Å². The van der Waals surface area contributed by atoms with E-state index in [1.54, 1.807) is 0 Å². The van der Waals surface area contributed by atoms with E-state index in [1.165, 1.54) is 51.4 Å². The molecule has 13 heavy (non-hydrogen) atoms. The number of ketones is 1. The standard InChI is InChI=1S/C12H18O/c13-11-9-5-1-3-7-12(9)8-4-2-6-10(11)12/h9-10H,1-8H2. The van der Waals surface area contributed by atoms with Crippen molar-refractivity contribution >= 4 is 5.78 Å². The summed E-state index contributed by atoms with van der Waals surface area (Å²) in [4.78, 5) is 11.8. The Morgan fingerprint density at radius 1 is 0.923 bits per heavy atom. The summed E-state index contributed by atoms with van der Waals surface area (Å²) >= 11 is 0. The molecule has 0 amide bonds. The average molecular weight is 178 g/mol. The van der Waals surface area contributed by atoms with Gasteiger partial charge in [0.25, 0.3) is 0 Å². The first-order valence-corrected chi connectivity index (χ1v) is 5.88. The predicted molar refractivity (Wildman–Crippen MR) is 51.4 cm³/mol. The van der Waals surface area contributed by atoms with Crippen LogP contribution in [0.25, 0.3) is 0 Å². The molecule has 0 heterocycles. The Bertz CT molecular complexity index is 220. The molecule has 1 nitrogen and oxygen atoms in total. The molecule has 72 valence electrons. The molecule has 0 aromatic rings. The summed E-state index contributed by atoms with van der Waals surface area (Å²) in [7, 11) is 0. The molecule has 3 saturated carbocycles. The van der Waals surface area contributed by atoms with E-state index in [2.05, 4.69) is 0 Å². The van der Waals surface area contributed by atoms with Crippen molar-refractivity contribution in [1.29, 1.82) is 0 Å². The molecule has 2 unspecified atom stereocenters. The molecule has 2 atom stereocenters. The van der Waals surface area contributed by atoms with E-state index >= 15 is 0 Å². The second-order valence-electron chi connectivity index (χ2n) is 5.23. The van der Waals surface area contributed by atoms with Crippen LogP contribution in [0.15, 0.2) is 0 Å². The molecule has 3 aliphatic carbocycles. The van der Waals surface area contributed by atoms with Gasteiger partial charge in [0.05, 0.1) is 0 Å². The topological polar surface area (TPSA) is 17.1 Å². The molecular weight excluding hydrogens is 160 g/mol. The third kappa shape index (κ3) is 0.858. The second-order valence-corrected chi connectivity index (χ2v) is 5.23. The quantitative estimate of drug-likeness (QED) is 0.557. The van der Waals surface area contributed by atoms with Crippen LogP contribution in [0, 0.1) is 17.3 Å². The summed E-state index contributed by atoms with van der Waals surface area (Å²) in [6.07, 6.45) is 10.6. The molecule has 3 rings (SSSR count). The normalized spacial score (nSPS) is 49.1. The Kier molecular flexibility index (Phi) is 1.59. The predicted octanol–water partition coefficient (Wildman–Crippen LogP) is 2.94. The lowest BCUT2D eigenvalue weighted by molar-refractivity contribution is -0.168. The zero-order valence-electron chi connectivity index (χ0n) is 8.22. The first kappa shape index (κ1) is 8.02. The Balaban J connectivity index is 1.90. The highest BCUT2D eigenvalue weighted by atomic mass is 16.1. The van der Waals surface area contributed by atoms with Crippen LogP contribution in [0.3, 0.4) is 0 Å². The molecule has 1 heteroatoms. The van der Waals surface area contributed by atoms with Crippen LogP contribution >= 0.6 is 0 Å². The van der Waals surface area contributed by atoms with E-state index < -0.39 is 0 Å². The maximum absolute atomic E-state index is 11.8. The smallest absolute Gasteiger partial charge is 0.140 e. The fourth-order valence-electron chi connectivity index (χ4n) is 4.24. The molecular formula is C12H18O. The van der Waals surface area contributed by atoms with Crippen molar-refractivity contribution in [3.8, 4) is 0 Å². The van der Waals surface area contributed by atoms with E-state index in [-0.39, 0.29) is 0 Å². The monoisotopic (exact) mass is 178 g/mol. The number of hydrogen-bond acceptors (Lipinski definition) is 1. The fourth-order valence-corrected chi connectivity index (χ4v) is 4.24. The Morgan fingerprint density at radius 3 is 2.00 bits per heavy atom. The van der Waals surface area contributed by atoms with Crippen molar-refractivity contribution in [3.63, 3.8) is 0 Å². The van der Waals surface area contributed by atoms with Gasteiger partial charge < -0.3 is 0 Å². The molecule has 0 aliphatic heterocycles. The van der Waals surface area contributed by atoms with E-state index in [0.717, 1.165) is 0 Å². The third-order valence-corrected chi connectivity index (χ3v) is 4.84. The Labute approximate surface area is 79.9 Å². The van der Waals surface area contributed by atoms with Crippen molar-refractivity contribution < 1.29 is 4.79 Å². The lowest BCUT2D eigenvalue weighted by Gasteiger charge is -2.59. The molecule has 0 bridgehead atoms. The largest absolute Gasteiger partial charge is 0.299 e. The number of hydrogen-bond donors (Lipinski definition) is 0. The minimum absolute atomic E-state index is 0.506. The Hall–Kier alpha value is -0.330. The highest BCUT2D eigenvalue weighted by Gasteiger charge is 2.61. The van der Waals surface area contributed by atoms with Crippen LogP contribution < -0.4 is 0 Å². The summed E-state index contributed by atoms with van der Waals surface area (Å²) < 4.78 is 0. The Morgan fingerprint density at radius 2 is 1.46 bits per heavy atom. The van der Waals surface area contributed by atoms with Gasteiger partial charge in [-0.15, -0.1) is 0 Å². The van der Waals surface area contributed by atoms with Crippen molar-refractivity contribution in [2.45, 2.75) is 51.4 Å². The molecule has 0 radical (unpaired) electrons. The van der Waals surface area contributed by atoms with Gasteiger partial charge in [0, 0.05) is 11.8 Å². The van der Waals surface area contributed by atoms with Gasteiger partial charge in [0.2, 0.25) is 0 Å². The third-order valence-electron chi connectivity index (χ3n) is 4.84. The fraction of sp³-hybridized carbons (Fsp3) is 0.917. The number of carbonyl (C=O) groups excluding carboxylic acids is 1. The molecule has 3 fully saturated rings. The first-order valence-electron chi connectivity index (χ1n) is 5.88. The van der Waals surface area contributed by atoms with Gasteiger partial charge in [-0.3, -0.25) is 4.79 Å². The van der Waals surface area contributed by atoms with E-state index in [9.17, 15) is 4.79 Å². The van der Waals surface area contributed by atoms with Crippen LogP contribution in [0.4, 0.5) is 0 Å². The second kappa shape index (κ2) is 2.59. The van der Waals surface area contributed by atoms with Gasteiger partial charge in [0.1, 0.15) is 5.78 Å². The SMILES string of the molecule is O=C1C2CCCCC23CCCCC13. The summed E-state index contributed by atoms with van der Waals surface area (Å²) in [5.41, 5.74) is 0.535. The summed E-state index contributed by atoms with van der Waals surface area (Å²) in [5.74, 6) is 1.65. The zero-order valence-corrected chi connectivity index (χ0v) is 8.22. The highest BCUT2D eigenvalue weighted by Crippen LogP contribution is 2.63. The summed E-state index contributed by atoms with van der Waals surface area (Å²) in [6, 6.07) is 0. The summed E-state index contributed by atoms with van der Waals surface area (Å²) in [6.45, 7) is 0. The maximum Gasteiger partial charge on any atom is 0.140 e. The number of rotatable bonds is 0. The first-order chi connectivity index (χ1) is 6.34. The molecule has 0 saturated heterocycles. The van der Waals surface area contributed by atoms with Crippen LogP contribution in [0.1, 0.15) is 51.4 Å². The lowest BCUT2D eigenvalue weighted by Crippen LogP contribution is -2.60. The molecule has 1 spiro atoms. The number of Topliss-reactive ketones (excluding diaryl/α,β-unsaturated/α-hetero) is 1. The minimum atomic E-state index is 0.506. The minimum Gasteiger partial charge on any atom is -0.299 e. The average Bonchev–Trinajstić information content (AvgIpc) is 2.17. The van der Waals surface area contributed by atoms with Gasteiger partial charge in [0.15, 0.2) is 0 Å². The molecule has 0 N–H and O–H groups in total. The maximum atomic E-state index is 11.8. The van der Waals surface area contributed by atoms with Crippen LogP contribution in [0.5, 0.6) is 0 Å². The van der Waals surface area contributed by atoms with Crippen LogP contribution in [-0.2, 0) is 4.79 Å². The van der Waals surface area contributed by atoms with Crippen molar-refractivity contribution in [2.24, 2.45) is 17.3 Å². The van der Waals surface area contributed by atoms with Gasteiger partial charge in [-0.2, -0.15) is 0 Å². The molecule has 3 aliphatic rings. The molecule has 0 aromatic heterocycles. The van der Waals surface area contributed by atoms with Gasteiger partial charge in [-0.1, -0.05) is 25.7 Å². The zero-order chi connectivity index (χ0) is 8.89. The van der Waals surface area contributed by atoms with E-state index in [1.807, 2.05) is 0 Å². The van der Waals surface area contributed by atoms with Crippen molar-refractivity contribution in [1.82, 2.24) is 0 Å².